The summed E-state index contributed by atoms with van der Waals surface area (Å²) in [5, 5.41) is 0. The van der Waals surface area contributed by atoms with Crippen molar-refractivity contribution in [3.63, 3.8) is 0 Å². The van der Waals surface area contributed by atoms with Crippen molar-refractivity contribution < 1.29 is 0 Å². The molecule has 0 aliphatic carbocycles. The predicted octanol–water partition coefficient (Wildman–Crippen LogP) is 1.80. The van der Waals surface area contributed by atoms with Crippen LogP contribution in [0.5, 0.6) is 0 Å². The Balaban J connectivity index is 3.79. The van der Waals surface area contributed by atoms with Crippen molar-refractivity contribution in [1.29, 1.82) is 4.78 Å². The Hall–Kier alpha value is 0.150. The molecule has 0 saturated carbocycles. The van der Waals surface area contributed by atoms with Crippen LogP contribution in [0.2, 0.25) is 0 Å². The van der Waals surface area contributed by atoms with Gasteiger partial charge in [-0.25, -0.2) is 0 Å². The Labute approximate surface area is 48.0 Å². The molecule has 0 saturated heterocycles. The lowest BCUT2D eigenvalue weighted by Crippen LogP contribution is -2.18. The molecule has 1 N–H and O–H groups in total. The Morgan fingerprint density at radius 1 is 1.29 bits per heavy atom. The average Bonchev–Trinajstić information content (AvgIpc) is 1.31. The maximum absolute atomic E-state index is 7.26. The minimum Gasteiger partial charge on any atom is -0.280 e. The van der Waals surface area contributed by atoms with Crippen LogP contribution >= 0.6 is 0 Å². The van der Waals surface area contributed by atoms with E-state index in [-0.39, 0.29) is 15.4 Å². The summed E-state index contributed by atoms with van der Waals surface area (Å²) in [6.45, 7) is 6.26. The zero-order valence-electron chi connectivity index (χ0n) is 5.41. The molecule has 0 aliphatic rings. The van der Waals surface area contributed by atoms with Gasteiger partial charge in [-0.15, -0.1) is 10.7 Å². The summed E-state index contributed by atoms with van der Waals surface area (Å²) in [4.78, 5) is 0. The van der Waals surface area contributed by atoms with E-state index in [0.717, 1.165) is 0 Å². The van der Waals surface area contributed by atoms with Crippen LogP contribution in [0.3, 0.4) is 0 Å². The van der Waals surface area contributed by atoms with Crippen molar-refractivity contribution in [3.8, 4) is 0 Å². The van der Waals surface area contributed by atoms with E-state index in [1.54, 1.807) is 0 Å². The van der Waals surface area contributed by atoms with Crippen LogP contribution in [-0.2, 0) is 10.7 Å². The van der Waals surface area contributed by atoms with Crippen molar-refractivity contribution in [1.82, 2.24) is 0 Å². The molecule has 44 valence electrons. The molecule has 0 spiro atoms. The number of nitrogens with one attached hydrogen (secondary N) is 1. The second-order valence-electron chi connectivity index (χ2n) is 2.62. The smallest absolute Gasteiger partial charge is 0.0177 e. The zero-order chi connectivity index (χ0) is 6.08. The van der Waals surface area contributed by atoms with Gasteiger partial charge in [0.1, 0.15) is 0 Å². The Kier molecular flexibility index (Phi) is 1.99. The molecule has 1 atom stereocenters. The van der Waals surface area contributed by atoms with Crippen LogP contribution in [0.4, 0.5) is 0 Å². The fraction of sp³-hybridized carbons (Fsp3) is 1.00. The Morgan fingerprint density at radius 2 is 1.43 bits per heavy atom. The van der Waals surface area contributed by atoms with Crippen LogP contribution < -0.4 is 0 Å². The molecule has 1 unspecified atom stereocenters. The summed E-state index contributed by atoms with van der Waals surface area (Å²) in [6, 6.07) is 0. The van der Waals surface area contributed by atoms with Gasteiger partial charge in [-0.2, -0.15) is 0 Å². The Bertz CT molecular complexity index is 80.6. The van der Waals surface area contributed by atoms with Crippen LogP contribution in [0.15, 0.2) is 0 Å². The molecule has 7 heavy (non-hydrogen) atoms. The third-order valence-electron chi connectivity index (χ3n) is 0.919. The van der Waals surface area contributed by atoms with Gasteiger partial charge in [0.25, 0.3) is 0 Å². The molecule has 0 heterocycles. The molecule has 1 nitrogen and oxygen atoms in total. The van der Waals surface area contributed by atoms with Gasteiger partial charge in [-0.1, -0.05) is 20.8 Å². The van der Waals surface area contributed by atoms with Crippen LogP contribution in [0.25, 0.3) is 0 Å². The standard InChI is InChI=1S/C5H13NS/c1-5(2,3)7(4)6/h6H,1-4H3. The lowest BCUT2D eigenvalue weighted by atomic mass is 10.3. The summed E-state index contributed by atoms with van der Waals surface area (Å²) in [5.74, 6) is 0. The van der Waals surface area contributed by atoms with E-state index in [4.69, 9.17) is 4.78 Å². The van der Waals surface area contributed by atoms with E-state index >= 15 is 0 Å². The first-order valence-corrected chi connectivity index (χ1v) is 3.95. The average molecular weight is 119 g/mol. The molecular weight excluding hydrogens is 106 g/mol. The van der Waals surface area contributed by atoms with Gasteiger partial charge in [-0.3, -0.25) is 4.78 Å². The Morgan fingerprint density at radius 3 is 1.43 bits per heavy atom. The van der Waals surface area contributed by atoms with Gasteiger partial charge in [0.05, 0.1) is 0 Å². The summed E-state index contributed by atoms with van der Waals surface area (Å²) in [5.41, 5.74) is 0. The molecule has 0 aromatic heterocycles. The first kappa shape index (κ1) is 7.15. The second-order valence-corrected chi connectivity index (χ2v) is 4.87. The number of rotatable bonds is 0. The van der Waals surface area contributed by atoms with Crippen LogP contribution in [0, 0.1) is 4.78 Å². The molecule has 2 heteroatoms. The van der Waals surface area contributed by atoms with Crippen molar-refractivity contribution >= 4 is 10.7 Å². The first-order chi connectivity index (χ1) is 2.94. The van der Waals surface area contributed by atoms with Crippen molar-refractivity contribution in [3.05, 3.63) is 0 Å². The lowest BCUT2D eigenvalue weighted by Gasteiger charge is -2.16. The minimum atomic E-state index is -0.183. The van der Waals surface area contributed by atoms with E-state index < -0.39 is 0 Å². The fourth-order valence-electron chi connectivity index (χ4n) is 0. The van der Waals surface area contributed by atoms with Crippen molar-refractivity contribution in [2.45, 2.75) is 25.5 Å². The highest BCUT2D eigenvalue weighted by Gasteiger charge is 2.09. The molecule has 0 fully saturated rings. The lowest BCUT2D eigenvalue weighted by molar-refractivity contribution is 0.796. The van der Waals surface area contributed by atoms with E-state index in [0.29, 0.717) is 0 Å². The normalized spacial score (nSPS) is 16.6. The minimum absolute atomic E-state index is 0.183. The van der Waals surface area contributed by atoms with Crippen molar-refractivity contribution in [2.24, 2.45) is 0 Å². The topological polar surface area (TPSA) is 23.9 Å². The third kappa shape index (κ3) is 2.80. The van der Waals surface area contributed by atoms with E-state index in [9.17, 15) is 0 Å². The van der Waals surface area contributed by atoms with Gasteiger partial charge in [0.15, 0.2) is 0 Å². The largest absolute Gasteiger partial charge is 0.280 e. The highest BCUT2D eigenvalue weighted by Crippen LogP contribution is 2.08. The third-order valence-corrected chi connectivity index (χ3v) is 2.76. The van der Waals surface area contributed by atoms with E-state index in [1.165, 1.54) is 0 Å². The quantitative estimate of drug-likeness (QED) is 0.503. The summed E-state index contributed by atoms with van der Waals surface area (Å²) in [6.07, 6.45) is 1.94. The molecule has 0 rings (SSSR count). The summed E-state index contributed by atoms with van der Waals surface area (Å²) >= 11 is 0. The molecule has 0 aromatic rings. The van der Waals surface area contributed by atoms with E-state index in [1.807, 2.05) is 6.26 Å². The molecule has 0 bridgehead atoms. The fourth-order valence-corrected chi connectivity index (χ4v) is 0. The monoisotopic (exact) mass is 119 g/mol. The van der Waals surface area contributed by atoms with Crippen molar-refractivity contribution in [2.75, 3.05) is 6.26 Å². The van der Waals surface area contributed by atoms with Gasteiger partial charge in [-0.05, 0) is 6.26 Å². The molecule has 0 radical (unpaired) electrons. The number of hydrogen-bond donors (Lipinski definition) is 1. The first-order valence-electron chi connectivity index (χ1n) is 2.32. The van der Waals surface area contributed by atoms with Gasteiger partial charge in [0, 0.05) is 4.75 Å². The highest BCUT2D eigenvalue weighted by atomic mass is 32.2. The summed E-state index contributed by atoms with van der Waals surface area (Å²) < 4.78 is 7.45. The van der Waals surface area contributed by atoms with Crippen LogP contribution in [0.1, 0.15) is 20.8 Å². The maximum Gasteiger partial charge on any atom is 0.0177 e. The van der Waals surface area contributed by atoms with Gasteiger partial charge in [0.2, 0.25) is 0 Å². The van der Waals surface area contributed by atoms with Gasteiger partial charge >= 0.3 is 0 Å². The zero-order valence-corrected chi connectivity index (χ0v) is 6.22. The van der Waals surface area contributed by atoms with Crippen LogP contribution in [-0.4, -0.2) is 11.0 Å². The molecular formula is C5H13NS. The SMILES string of the molecule is CS(=N)C(C)(C)C. The second kappa shape index (κ2) is 1.95. The predicted molar refractivity (Wildman–Crippen MR) is 35.8 cm³/mol. The van der Waals surface area contributed by atoms with E-state index in [2.05, 4.69) is 20.8 Å². The molecule has 0 amide bonds. The maximum atomic E-state index is 7.26. The molecule has 0 aliphatic heterocycles. The highest BCUT2D eigenvalue weighted by molar-refractivity contribution is 7.86. The molecule has 0 aromatic carbocycles. The number of hydrogen-bond acceptors (Lipinski definition) is 1. The van der Waals surface area contributed by atoms with Gasteiger partial charge < -0.3 is 0 Å². The summed E-state index contributed by atoms with van der Waals surface area (Å²) in [7, 11) is -0.183.